The number of amides is 1. The number of hydrogen-bond donors (Lipinski definition) is 1. The molecule has 1 atom stereocenters. The van der Waals surface area contributed by atoms with Crippen molar-refractivity contribution in [2.75, 3.05) is 13.1 Å². The Morgan fingerprint density at radius 1 is 1.37 bits per heavy atom. The van der Waals surface area contributed by atoms with E-state index in [9.17, 15) is 9.18 Å². The summed E-state index contributed by atoms with van der Waals surface area (Å²) >= 11 is 0. The van der Waals surface area contributed by atoms with E-state index in [-0.39, 0.29) is 17.8 Å². The summed E-state index contributed by atoms with van der Waals surface area (Å²) in [4.78, 5) is 13.3. The van der Waals surface area contributed by atoms with Crippen LogP contribution in [0.3, 0.4) is 0 Å². The number of rotatable bonds is 5. The van der Waals surface area contributed by atoms with Gasteiger partial charge in [0, 0.05) is 12.6 Å². The van der Waals surface area contributed by atoms with Crippen LogP contribution in [0.2, 0.25) is 0 Å². The predicted octanol–water partition coefficient (Wildman–Crippen LogP) is 1.91. The van der Waals surface area contributed by atoms with Gasteiger partial charge in [-0.05, 0) is 43.5 Å². The van der Waals surface area contributed by atoms with E-state index < -0.39 is 0 Å². The highest BCUT2D eigenvalue weighted by atomic mass is 19.1. The van der Waals surface area contributed by atoms with Crippen LogP contribution in [0, 0.1) is 12.2 Å². The van der Waals surface area contributed by atoms with E-state index in [1.165, 1.54) is 12.1 Å². The molecule has 1 amide bonds. The summed E-state index contributed by atoms with van der Waals surface area (Å²) in [5.41, 5.74) is 6.36. The second kappa shape index (κ2) is 6.66. The molecule has 2 N–H and O–H groups in total. The zero-order chi connectivity index (χ0) is 13.7. The van der Waals surface area contributed by atoms with Crippen molar-refractivity contribution in [3.05, 3.63) is 42.1 Å². The van der Waals surface area contributed by atoms with Gasteiger partial charge in [-0.1, -0.05) is 18.6 Å². The number of likely N-dealkylation sites (tertiary alicyclic amines) is 1. The lowest BCUT2D eigenvalue weighted by molar-refractivity contribution is -0.115. The normalized spacial score (nSPS) is 20.4. The topological polar surface area (TPSA) is 46.3 Å². The molecule has 1 saturated heterocycles. The average Bonchev–Trinajstić information content (AvgIpc) is 2.39. The molecule has 19 heavy (non-hydrogen) atoms. The minimum Gasteiger partial charge on any atom is -0.369 e. The summed E-state index contributed by atoms with van der Waals surface area (Å²) in [7, 11) is 0. The number of hydrogen-bond acceptors (Lipinski definition) is 2. The molecule has 1 aliphatic heterocycles. The van der Waals surface area contributed by atoms with Gasteiger partial charge in [-0.15, -0.1) is 0 Å². The van der Waals surface area contributed by atoms with Crippen molar-refractivity contribution >= 4 is 5.91 Å². The van der Waals surface area contributed by atoms with Crippen LogP contribution in [0.5, 0.6) is 0 Å². The first-order valence-corrected chi connectivity index (χ1v) is 6.78. The summed E-state index contributed by atoms with van der Waals surface area (Å²) in [6.07, 6.45) is 5.77. The molecule has 1 unspecified atom stereocenters. The first-order chi connectivity index (χ1) is 9.15. The van der Waals surface area contributed by atoms with Crippen LogP contribution < -0.4 is 5.73 Å². The Bertz CT molecular complexity index is 419. The first kappa shape index (κ1) is 14.0. The Morgan fingerprint density at radius 2 is 2.11 bits per heavy atom. The molecule has 0 aromatic heterocycles. The summed E-state index contributed by atoms with van der Waals surface area (Å²) in [6.45, 7) is 1.87. The molecule has 0 bridgehead atoms. The maximum absolute atomic E-state index is 12.8. The zero-order valence-corrected chi connectivity index (χ0v) is 11.0. The third-order valence-electron chi connectivity index (χ3n) is 3.62. The zero-order valence-electron chi connectivity index (χ0n) is 11.0. The Balaban J connectivity index is 1.88. The van der Waals surface area contributed by atoms with Crippen LogP contribution >= 0.6 is 0 Å². The number of halogens is 1. The van der Waals surface area contributed by atoms with Gasteiger partial charge in [-0.3, -0.25) is 9.69 Å². The second-order valence-electron chi connectivity index (χ2n) is 5.04. The minimum absolute atomic E-state index is 0.159. The van der Waals surface area contributed by atoms with Crippen molar-refractivity contribution in [2.45, 2.75) is 31.7 Å². The fourth-order valence-electron chi connectivity index (χ4n) is 2.60. The van der Waals surface area contributed by atoms with E-state index in [1.807, 2.05) is 12.1 Å². The third kappa shape index (κ3) is 4.31. The molecule has 2 rings (SSSR count). The minimum atomic E-state index is -0.348. The lowest BCUT2D eigenvalue weighted by atomic mass is 9.98. The molecule has 3 nitrogen and oxygen atoms in total. The molecule has 1 radical (unpaired) electrons. The molecule has 0 saturated carbocycles. The average molecular weight is 263 g/mol. The summed E-state index contributed by atoms with van der Waals surface area (Å²) in [5.74, 6) is -0.555. The van der Waals surface area contributed by atoms with Gasteiger partial charge in [-0.2, -0.15) is 0 Å². The Labute approximate surface area is 113 Å². The Kier molecular flexibility index (Phi) is 4.91. The van der Waals surface area contributed by atoms with E-state index in [0.29, 0.717) is 0 Å². The predicted molar refractivity (Wildman–Crippen MR) is 72.8 cm³/mol. The molecule has 0 spiro atoms. The molecule has 4 heteroatoms. The summed E-state index contributed by atoms with van der Waals surface area (Å²) in [5, 5.41) is 0. The number of carbonyl (C=O) groups is 1. The maximum atomic E-state index is 12.8. The fourth-order valence-corrected chi connectivity index (χ4v) is 2.60. The molecule has 1 aromatic rings. The van der Waals surface area contributed by atoms with Crippen molar-refractivity contribution < 1.29 is 9.18 Å². The van der Waals surface area contributed by atoms with Crippen LogP contribution in [-0.2, 0) is 11.2 Å². The van der Waals surface area contributed by atoms with Gasteiger partial charge in [0.2, 0.25) is 5.91 Å². The van der Waals surface area contributed by atoms with Crippen LogP contribution in [0.25, 0.3) is 0 Å². The third-order valence-corrected chi connectivity index (χ3v) is 3.62. The van der Waals surface area contributed by atoms with Crippen molar-refractivity contribution in [1.82, 2.24) is 4.90 Å². The van der Waals surface area contributed by atoms with Gasteiger partial charge in [-0.25, -0.2) is 4.39 Å². The van der Waals surface area contributed by atoms with Crippen LogP contribution in [0.4, 0.5) is 4.39 Å². The molecule has 103 valence electrons. The van der Waals surface area contributed by atoms with Crippen LogP contribution in [0.1, 0.15) is 24.8 Å². The van der Waals surface area contributed by atoms with Gasteiger partial charge in [0.25, 0.3) is 0 Å². The largest absolute Gasteiger partial charge is 0.369 e. The number of piperidine rings is 1. The Morgan fingerprint density at radius 3 is 2.79 bits per heavy atom. The first-order valence-electron chi connectivity index (χ1n) is 6.78. The van der Waals surface area contributed by atoms with E-state index in [4.69, 9.17) is 5.73 Å². The fraction of sp³-hybridized carbons (Fsp3) is 0.467. The van der Waals surface area contributed by atoms with E-state index in [1.54, 1.807) is 6.42 Å². The second-order valence-corrected chi connectivity index (χ2v) is 5.04. The van der Waals surface area contributed by atoms with Crippen molar-refractivity contribution in [3.63, 3.8) is 0 Å². The highest BCUT2D eigenvalue weighted by Crippen LogP contribution is 2.19. The summed E-state index contributed by atoms with van der Waals surface area (Å²) < 4.78 is 12.8. The van der Waals surface area contributed by atoms with Gasteiger partial charge >= 0.3 is 0 Å². The van der Waals surface area contributed by atoms with Gasteiger partial charge in [0.15, 0.2) is 0 Å². The molecule has 1 aliphatic rings. The van der Waals surface area contributed by atoms with E-state index >= 15 is 0 Å². The van der Waals surface area contributed by atoms with Gasteiger partial charge < -0.3 is 5.73 Å². The number of nitrogens with zero attached hydrogens (tertiary/aromatic N) is 1. The van der Waals surface area contributed by atoms with Crippen molar-refractivity contribution in [2.24, 2.45) is 5.73 Å². The monoisotopic (exact) mass is 263 g/mol. The molecular formula is C15H20FN2O. The smallest absolute Gasteiger partial charge is 0.222 e. The molecule has 1 fully saturated rings. The molecule has 0 aliphatic carbocycles. The number of primary amides is 1. The maximum Gasteiger partial charge on any atom is 0.222 e. The van der Waals surface area contributed by atoms with Crippen molar-refractivity contribution in [1.29, 1.82) is 0 Å². The SMILES string of the molecule is NC(=O)[CH]C1CCCCN1CCc1ccc(F)cc1. The standard InChI is InChI=1S/C15H20FN2O/c16-13-6-4-12(5-7-13)8-10-18-9-2-1-3-14(18)11-15(17)19/h4-7,11,14H,1-3,8-10H2,(H2,17,19). The number of carbonyl (C=O) groups excluding carboxylic acids is 1. The van der Waals surface area contributed by atoms with Crippen LogP contribution in [0.15, 0.2) is 24.3 Å². The number of nitrogens with two attached hydrogens (primary N) is 1. The lowest BCUT2D eigenvalue weighted by Gasteiger charge is -2.34. The van der Waals surface area contributed by atoms with E-state index in [2.05, 4.69) is 4.90 Å². The molecule has 1 aromatic carbocycles. The van der Waals surface area contributed by atoms with Crippen molar-refractivity contribution in [3.8, 4) is 0 Å². The molecule has 1 heterocycles. The van der Waals surface area contributed by atoms with E-state index in [0.717, 1.165) is 44.3 Å². The van der Waals surface area contributed by atoms with Gasteiger partial charge in [0.1, 0.15) is 5.82 Å². The lowest BCUT2D eigenvalue weighted by Crippen LogP contribution is -2.43. The highest BCUT2D eigenvalue weighted by Gasteiger charge is 2.23. The highest BCUT2D eigenvalue weighted by molar-refractivity contribution is 5.83. The number of benzene rings is 1. The quantitative estimate of drug-likeness (QED) is 0.882. The molecular weight excluding hydrogens is 243 g/mol. The Hall–Kier alpha value is -1.42. The van der Waals surface area contributed by atoms with Gasteiger partial charge in [0.05, 0.1) is 6.42 Å². The van der Waals surface area contributed by atoms with Crippen LogP contribution in [-0.4, -0.2) is 29.9 Å². The summed E-state index contributed by atoms with van der Waals surface area (Å²) in [6, 6.07) is 6.75.